The zero-order chi connectivity index (χ0) is 11.5. The molecule has 0 aliphatic carbocycles. The van der Waals surface area contributed by atoms with E-state index in [9.17, 15) is 0 Å². The Bertz CT molecular complexity index is 522. The number of rotatable bonds is 2. The van der Waals surface area contributed by atoms with Gasteiger partial charge in [0.15, 0.2) is 0 Å². The molecule has 80 valence electrons. The molecule has 0 bridgehead atoms. The first kappa shape index (κ1) is 11.1. The van der Waals surface area contributed by atoms with E-state index in [4.69, 9.17) is 5.26 Å². The fourth-order valence-corrected chi connectivity index (χ4v) is 2.27. The van der Waals surface area contributed by atoms with E-state index in [2.05, 4.69) is 45.1 Å². The highest BCUT2D eigenvalue weighted by Gasteiger charge is 2.09. The van der Waals surface area contributed by atoms with Gasteiger partial charge in [-0.05, 0) is 47.2 Å². The maximum atomic E-state index is 8.73. The Labute approximate surface area is 108 Å². The third-order valence-corrected chi connectivity index (χ3v) is 3.39. The zero-order valence-corrected chi connectivity index (χ0v) is 10.9. The lowest BCUT2D eigenvalue weighted by atomic mass is 10.1. The maximum absolute atomic E-state index is 8.73. The van der Waals surface area contributed by atoms with Gasteiger partial charge in [0, 0.05) is 0 Å². The Balaban J connectivity index is 2.31. The van der Waals surface area contributed by atoms with Crippen molar-refractivity contribution in [1.29, 1.82) is 5.26 Å². The molecule has 0 amide bonds. The molecule has 0 saturated carbocycles. The van der Waals surface area contributed by atoms with E-state index in [-0.39, 0.29) is 6.04 Å². The summed E-state index contributed by atoms with van der Waals surface area (Å²) in [4.78, 5) is 4.11. The van der Waals surface area contributed by atoms with Crippen molar-refractivity contribution in [3.05, 3.63) is 51.6 Å². The smallest absolute Gasteiger partial charge is 0.100 e. The second kappa shape index (κ2) is 4.66. The van der Waals surface area contributed by atoms with E-state index in [0.717, 1.165) is 3.70 Å². The van der Waals surface area contributed by atoms with Crippen LogP contribution < -0.4 is 0 Å². The van der Waals surface area contributed by atoms with E-state index >= 15 is 0 Å². The lowest BCUT2D eigenvalue weighted by molar-refractivity contribution is 0.625. The molecule has 1 aromatic carbocycles. The summed E-state index contributed by atoms with van der Waals surface area (Å²) in [5.41, 5.74) is 1.87. The first-order valence-electron chi connectivity index (χ1n) is 4.90. The molecule has 0 aliphatic heterocycles. The third-order valence-electron chi connectivity index (χ3n) is 2.56. The molecular weight excluding hydrogens is 313 g/mol. The number of nitrogens with zero attached hydrogens (tertiary/aromatic N) is 3. The van der Waals surface area contributed by atoms with Gasteiger partial charge in [0.05, 0.1) is 30.2 Å². The maximum Gasteiger partial charge on any atom is 0.100 e. The highest BCUT2D eigenvalue weighted by molar-refractivity contribution is 14.1. The lowest BCUT2D eigenvalue weighted by Crippen LogP contribution is -2.07. The molecule has 0 saturated heterocycles. The van der Waals surface area contributed by atoms with Crippen molar-refractivity contribution in [3.63, 3.8) is 0 Å². The zero-order valence-electron chi connectivity index (χ0n) is 8.76. The molecule has 2 aromatic rings. The van der Waals surface area contributed by atoms with Gasteiger partial charge in [-0.15, -0.1) is 0 Å². The van der Waals surface area contributed by atoms with Crippen molar-refractivity contribution >= 4 is 22.6 Å². The molecule has 3 nitrogen and oxygen atoms in total. The molecule has 1 aromatic heterocycles. The second-order valence-electron chi connectivity index (χ2n) is 3.53. The Kier molecular flexibility index (Phi) is 3.25. The van der Waals surface area contributed by atoms with Crippen molar-refractivity contribution in [2.75, 3.05) is 0 Å². The van der Waals surface area contributed by atoms with Gasteiger partial charge in [0.1, 0.15) is 3.70 Å². The fraction of sp³-hybridized carbons (Fsp3) is 0.167. The number of halogens is 1. The van der Waals surface area contributed by atoms with Crippen LogP contribution in [0.2, 0.25) is 0 Å². The van der Waals surface area contributed by atoms with Crippen molar-refractivity contribution in [2.45, 2.75) is 13.0 Å². The minimum atomic E-state index is 0.238. The van der Waals surface area contributed by atoms with Crippen LogP contribution in [0.4, 0.5) is 0 Å². The number of hydrogen-bond acceptors (Lipinski definition) is 2. The predicted molar refractivity (Wildman–Crippen MR) is 69.9 cm³/mol. The van der Waals surface area contributed by atoms with Crippen LogP contribution in [0.25, 0.3) is 0 Å². The van der Waals surface area contributed by atoms with Crippen molar-refractivity contribution < 1.29 is 0 Å². The van der Waals surface area contributed by atoms with E-state index in [1.165, 1.54) is 5.56 Å². The van der Waals surface area contributed by atoms with Crippen LogP contribution in [0.3, 0.4) is 0 Å². The monoisotopic (exact) mass is 323 g/mol. The number of aromatic nitrogens is 2. The molecule has 1 unspecified atom stereocenters. The van der Waals surface area contributed by atoms with E-state index in [1.807, 2.05) is 36.8 Å². The van der Waals surface area contributed by atoms with Crippen LogP contribution >= 0.6 is 22.6 Å². The quantitative estimate of drug-likeness (QED) is 0.798. The topological polar surface area (TPSA) is 41.6 Å². The standard InChI is InChI=1S/C12H10IN3/c1-9(16-8-15-7-12(16)13)11-4-2-10(6-14)3-5-11/h2-5,7-9H,1H3. The summed E-state index contributed by atoms with van der Waals surface area (Å²) < 4.78 is 3.21. The first-order chi connectivity index (χ1) is 7.72. The molecule has 0 N–H and O–H groups in total. The largest absolute Gasteiger partial charge is 0.319 e. The fourth-order valence-electron chi connectivity index (χ4n) is 1.57. The van der Waals surface area contributed by atoms with E-state index < -0.39 is 0 Å². The Hall–Kier alpha value is -1.35. The number of imidazole rings is 1. The highest BCUT2D eigenvalue weighted by Crippen LogP contribution is 2.20. The van der Waals surface area contributed by atoms with Gasteiger partial charge in [-0.3, -0.25) is 0 Å². The molecule has 0 radical (unpaired) electrons. The van der Waals surface area contributed by atoms with Crippen molar-refractivity contribution in [2.24, 2.45) is 0 Å². The van der Waals surface area contributed by atoms with Gasteiger partial charge >= 0.3 is 0 Å². The molecule has 0 aliphatic rings. The average molecular weight is 323 g/mol. The molecule has 1 atom stereocenters. The van der Waals surface area contributed by atoms with Gasteiger partial charge in [0.2, 0.25) is 0 Å². The van der Waals surface area contributed by atoms with Crippen molar-refractivity contribution in [3.8, 4) is 6.07 Å². The summed E-state index contributed by atoms with van der Waals surface area (Å²) >= 11 is 2.26. The van der Waals surface area contributed by atoms with E-state index in [0.29, 0.717) is 5.56 Å². The Morgan fingerprint density at radius 3 is 2.56 bits per heavy atom. The molecule has 0 fully saturated rings. The number of hydrogen-bond donors (Lipinski definition) is 0. The van der Waals surface area contributed by atoms with Crippen LogP contribution in [0.1, 0.15) is 24.1 Å². The molecule has 1 heterocycles. The van der Waals surface area contributed by atoms with Gasteiger partial charge in [-0.2, -0.15) is 5.26 Å². The van der Waals surface area contributed by atoms with Crippen LogP contribution in [0.15, 0.2) is 36.8 Å². The predicted octanol–water partition coefficient (Wildman–Crippen LogP) is 2.97. The molecule has 0 spiro atoms. The minimum absolute atomic E-state index is 0.238. The number of nitriles is 1. The summed E-state index contributed by atoms with van der Waals surface area (Å²) in [6.07, 6.45) is 3.66. The van der Waals surface area contributed by atoms with Crippen LogP contribution in [-0.2, 0) is 0 Å². The van der Waals surface area contributed by atoms with Crippen LogP contribution in [-0.4, -0.2) is 9.55 Å². The summed E-state index contributed by atoms with van der Waals surface area (Å²) in [7, 11) is 0. The first-order valence-corrected chi connectivity index (χ1v) is 5.97. The highest BCUT2D eigenvalue weighted by atomic mass is 127. The molecular formula is C12H10IN3. The SMILES string of the molecule is CC(c1ccc(C#N)cc1)n1cncc1I. The van der Waals surface area contributed by atoms with Crippen LogP contribution in [0.5, 0.6) is 0 Å². The van der Waals surface area contributed by atoms with Crippen LogP contribution in [0, 0.1) is 15.0 Å². The molecule has 16 heavy (non-hydrogen) atoms. The minimum Gasteiger partial charge on any atom is -0.319 e. The van der Waals surface area contributed by atoms with Gasteiger partial charge in [0.25, 0.3) is 0 Å². The van der Waals surface area contributed by atoms with E-state index in [1.54, 1.807) is 0 Å². The Morgan fingerprint density at radius 1 is 1.38 bits per heavy atom. The summed E-state index contributed by atoms with van der Waals surface area (Å²) in [6.45, 7) is 2.12. The molecule has 2 rings (SSSR count). The third kappa shape index (κ3) is 2.09. The van der Waals surface area contributed by atoms with Gasteiger partial charge < -0.3 is 4.57 Å². The Morgan fingerprint density at radius 2 is 2.06 bits per heavy atom. The lowest BCUT2D eigenvalue weighted by Gasteiger charge is -2.14. The van der Waals surface area contributed by atoms with Gasteiger partial charge in [-0.1, -0.05) is 12.1 Å². The normalized spacial score (nSPS) is 12.1. The van der Waals surface area contributed by atoms with Gasteiger partial charge in [-0.25, -0.2) is 4.98 Å². The molecule has 4 heteroatoms. The average Bonchev–Trinajstić information content (AvgIpc) is 2.75. The summed E-state index contributed by atoms with van der Waals surface area (Å²) in [6, 6.07) is 10.0. The summed E-state index contributed by atoms with van der Waals surface area (Å²) in [5, 5.41) is 8.73. The summed E-state index contributed by atoms with van der Waals surface area (Å²) in [5.74, 6) is 0. The number of benzene rings is 1. The second-order valence-corrected chi connectivity index (χ2v) is 4.64. The van der Waals surface area contributed by atoms with Crippen molar-refractivity contribution in [1.82, 2.24) is 9.55 Å².